The number of nitrogens with zero attached hydrogens (tertiary/aromatic N) is 6. The van der Waals surface area contributed by atoms with Crippen LogP contribution in [0.5, 0.6) is 0 Å². The van der Waals surface area contributed by atoms with Crippen molar-refractivity contribution in [3.63, 3.8) is 0 Å². The molecule has 0 N–H and O–H groups in total. The highest BCUT2D eigenvalue weighted by molar-refractivity contribution is 6.30. The van der Waals surface area contributed by atoms with E-state index in [4.69, 9.17) is 11.6 Å². The molecule has 144 valence electrons. The largest absolute Gasteiger partial charge is 0.363 e. The number of piperidine rings is 1. The molecular weight excluding hydrogens is 367 g/mol. The van der Waals surface area contributed by atoms with E-state index in [-0.39, 0.29) is 5.82 Å². The van der Waals surface area contributed by atoms with Crippen molar-refractivity contribution in [3.05, 3.63) is 35.5 Å². The van der Waals surface area contributed by atoms with Crippen molar-refractivity contribution in [3.8, 4) is 0 Å². The number of aromatic nitrogens is 3. The number of pyridine rings is 1. The van der Waals surface area contributed by atoms with Crippen molar-refractivity contribution in [1.82, 2.24) is 15.0 Å². The molecule has 1 saturated heterocycles. The van der Waals surface area contributed by atoms with Crippen LogP contribution in [0.25, 0.3) is 0 Å². The Bertz CT molecular complexity index is 805. The Morgan fingerprint density at radius 1 is 1.00 bits per heavy atom. The number of rotatable bonds is 5. The number of anilines is 3. The third-order valence-electron chi connectivity index (χ3n) is 5.25. The molecule has 0 atom stereocenters. The Kier molecular flexibility index (Phi) is 5.04. The molecular formula is C19H24ClFN6. The molecule has 8 heteroatoms. The minimum Gasteiger partial charge on any atom is -0.363 e. The molecule has 6 nitrogen and oxygen atoms in total. The van der Waals surface area contributed by atoms with Gasteiger partial charge >= 0.3 is 0 Å². The maximum atomic E-state index is 14.2. The standard InChI is InChI=1S/C19H24ClFN6/c1-25(2)17-10-18(24-12-23-17)27(14-3-4-14)15-5-7-26(8-6-15)19-16(21)9-13(20)11-22-19/h9-12,14-15H,3-8H2,1-2H3. The summed E-state index contributed by atoms with van der Waals surface area (Å²) >= 11 is 5.82. The van der Waals surface area contributed by atoms with E-state index < -0.39 is 0 Å². The maximum Gasteiger partial charge on any atom is 0.167 e. The zero-order valence-electron chi connectivity index (χ0n) is 15.6. The molecule has 0 aromatic carbocycles. The van der Waals surface area contributed by atoms with Gasteiger partial charge in [-0.05, 0) is 31.7 Å². The predicted octanol–water partition coefficient (Wildman–Crippen LogP) is 3.37. The van der Waals surface area contributed by atoms with Crippen molar-refractivity contribution in [2.24, 2.45) is 0 Å². The summed E-state index contributed by atoms with van der Waals surface area (Å²) in [4.78, 5) is 19.5. The molecule has 0 amide bonds. The molecule has 0 bridgehead atoms. The molecule has 3 heterocycles. The van der Waals surface area contributed by atoms with E-state index in [0.717, 1.165) is 37.6 Å². The van der Waals surface area contributed by atoms with Crippen LogP contribution in [0.3, 0.4) is 0 Å². The SMILES string of the molecule is CN(C)c1cc(N(C2CC2)C2CCN(c3ncc(Cl)cc3F)CC2)ncn1. The monoisotopic (exact) mass is 390 g/mol. The van der Waals surface area contributed by atoms with Crippen LogP contribution in [0.1, 0.15) is 25.7 Å². The van der Waals surface area contributed by atoms with Crippen LogP contribution in [0.4, 0.5) is 21.8 Å². The van der Waals surface area contributed by atoms with Gasteiger partial charge in [0.25, 0.3) is 0 Å². The quantitative estimate of drug-likeness (QED) is 0.780. The van der Waals surface area contributed by atoms with E-state index in [0.29, 0.717) is 22.9 Å². The third-order valence-corrected chi connectivity index (χ3v) is 5.45. The molecule has 2 aliphatic rings. The first-order valence-corrected chi connectivity index (χ1v) is 9.74. The van der Waals surface area contributed by atoms with Crippen molar-refractivity contribution in [2.45, 2.75) is 37.8 Å². The minimum atomic E-state index is -0.355. The van der Waals surface area contributed by atoms with Gasteiger partial charge in [0.15, 0.2) is 11.6 Å². The summed E-state index contributed by atoms with van der Waals surface area (Å²) in [6.45, 7) is 1.54. The fraction of sp³-hybridized carbons (Fsp3) is 0.526. The van der Waals surface area contributed by atoms with Gasteiger partial charge in [-0.1, -0.05) is 11.6 Å². The highest BCUT2D eigenvalue weighted by atomic mass is 35.5. The Morgan fingerprint density at radius 3 is 2.30 bits per heavy atom. The van der Waals surface area contributed by atoms with Gasteiger partial charge in [-0.25, -0.2) is 19.3 Å². The molecule has 1 aliphatic carbocycles. The van der Waals surface area contributed by atoms with Crippen LogP contribution in [0.15, 0.2) is 24.7 Å². The van der Waals surface area contributed by atoms with E-state index >= 15 is 0 Å². The second kappa shape index (κ2) is 7.46. The lowest BCUT2D eigenvalue weighted by Gasteiger charge is -2.40. The zero-order chi connectivity index (χ0) is 19.0. The summed E-state index contributed by atoms with van der Waals surface area (Å²) < 4.78 is 14.2. The molecule has 0 unspecified atom stereocenters. The minimum absolute atomic E-state index is 0.325. The molecule has 0 radical (unpaired) electrons. The van der Waals surface area contributed by atoms with Gasteiger partial charge < -0.3 is 14.7 Å². The van der Waals surface area contributed by atoms with Crippen molar-refractivity contribution < 1.29 is 4.39 Å². The van der Waals surface area contributed by atoms with E-state index in [1.165, 1.54) is 25.1 Å². The summed E-state index contributed by atoms with van der Waals surface area (Å²) in [5.41, 5.74) is 0. The smallest absolute Gasteiger partial charge is 0.167 e. The van der Waals surface area contributed by atoms with Crippen LogP contribution in [0, 0.1) is 5.82 Å². The Balaban J connectivity index is 1.49. The second-order valence-electron chi connectivity index (χ2n) is 7.44. The van der Waals surface area contributed by atoms with Gasteiger partial charge in [0.1, 0.15) is 18.0 Å². The first-order chi connectivity index (χ1) is 13.0. The number of halogens is 2. The van der Waals surface area contributed by atoms with E-state index in [1.807, 2.05) is 23.9 Å². The molecule has 2 aromatic rings. The maximum absolute atomic E-state index is 14.2. The van der Waals surface area contributed by atoms with Crippen LogP contribution in [-0.4, -0.2) is 54.2 Å². The molecule has 2 aromatic heterocycles. The van der Waals surface area contributed by atoms with Crippen LogP contribution < -0.4 is 14.7 Å². The fourth-order valence-corrected chi connectivity index (χ4v) is 3.89. The van der Waals surface area contributed by atoms with Gasteiger partial charge in [0.2, 0.25) is 0 Å². The van der Waals surface area contributed by atoms with Gasteiger partial charge in [-0.3, -0.25) is 0 Å². The normalized spacial score (nSPS) is 17.9. The molecule has 1 saturated carbocycles. The lowest BCUT2D eigenvalue weighted by molar-refractivity contribution is 0.452. The predicted molar refractivity (Wildman–Crippen MR) is 106 cm³/mol. The molecule has 27 heavy (non-hydrogen) atoms. The van der Waals surface area contributed by atoms with E-state index in [9.17, 15) is 4.39 Å². The lowest BCUT2D eigenvalue weighted by atomic mass is 10.0. The first-order valence-electron chi connectivity index (χ1n) is 9.36. The van der Waals surface area contributed by atoms with E-state index in [1.54, 1.807) is 6.33 Å². The molecule has 1 aliphatic heterocycles. The van der Waals surface area contributed by atoms with Crippen LogP contribution in [-0.2, 0) is 0 Å². The van der Waals surface area contributed by atoms with Crippen LogP contribution >= 0.6 is 11.6 Å². The summed E-state index contributed by atoms with van der Waals surface area (Å²) in [5, 5.41) is 0.325. The average molecular weight is 391 g/mol. The van der Waals surface area contributed by atoms with Gasteiger partial charge in [-0.15, -0.1) is 0 Å². The summed E-state index contributed by atoms with van der Waals surface area (Å²) in [7, 11) is 3.97. The third kappa shape index (κ3) is 3.93. The van der Waals surface area contributed by atoms with Gasteiger partial charge in [0.05, 0.1) is 5.02 Å². The number of hydrogen-bond acceptors (Lipinski definition) is 6. The molecule has 4 rings (SSSR count). The van der Waals surface area contributed by atoms with Crippen molar-refractivity contribution in [1.29, 1.82) is 0 Å². The van der Waals surface area contributed by atoms with Gasteiger partial charge in [-0.2, -0.15) is 0 Å². The Morgan fingerprint density at radius 2 is 1.67 bits per heavy atom. The summed E-state index contributed by atoms with van der Waals surface area (Å²) in [5.74, 6) is 1.94. The Hall–Kier alpha value is -2.15. The lowest BCUT2D eigenvalue weighted by Crippen LogP contribution is -2.47. The molecule has 2 fully saturated rings. The van der Waals surface area contributed by atoms with Gasteiger partial charge in [0, 0.05) is 51.5 Å². The highest BCUT2D eigenvalue weighted by Gasteiger charge is 2.37. The fourth-order valence-electron chi connectivity index (χ4n) is 3.74. The second-order valence-corrected chi connectivity index (χ2v) is 7.88. The summed E-state index contributed by atoms with van der Waals surface area (Å²) in [6.07, 6.45) is 7.45. The highest BCUT2D eigenvalue weighted by Crippen LogP contribution is 2.36. The summed E-state index contributed by atoms with van der Waals surface area (Å²) in [6, 6.07) is 4.34. The van der Waals surface area contributed by atoms with Crippen molar-refractivity contribution >= 4 is 29.1 Å². The first kappa shape index (κ1) is 18.2. The zero-order valence-corrected chi connectivity index (χ0v) is 16.4. The topological polar surface area (TPSA) is 48.4 Å². The van der Waals surface area contributed by atoms with Crippen LogP contribution in [0.2, 0.25) is 5.02 Å². The van der Waals surface area contributed by atoms with E-state index in [2.05, 4.69) is 25.9 Å². The average Bonchev–Trinajstić information content (AvgIpc) is 3.48. The Labute approximate surface area is 164 Å². The van der Waals surface area contributed by atoms with Crippen molar-refractivity contribution in [2.75, 3.05) is 41.9 Å². The molecule has 0 spiro atoms. The number of hydrogen-bond donors (Lipinski definition) is 0.